The monoisotopic (exact) mass is 429 g/mol. The largest absolute Gasteiger partial charge is 0.316 e. The van der Waals surface area contributed by atoms with Gasteiger partial charge >= 0.3 is 0 Å². The number of halogens is 2. The van der Waals surface area contributed by atoms with Crippen LogP contribution in [0.25, 0.3) is 5.69 Å². The first kappa shape index (κ1) is 18.4. The van der Waals surface area contributed by atoms with Crippen LogP contribution in [0.5, 0.6) is 0 Å². The predicted molar refractivity (Wildman–Crippen MR) is 109 cm³/mol. The van der Waals surface area contributed by atoms with Gasteiger partial charge in [0.25, 0.3) is 5.91 Å². The van der Waals surface area contributed by atoms with Gasteiger partial charge in [-0.3, -0.25) is 4.79 Å². The van der Waals surface area contributed by atoms with Crippen LogP contribution < -0.4 is 5.43 Å². The lowest BCUT2D eigenvalue weighted by Gasteiger charge is -2.11. The van der Waals surface area contributed by atoms with Crippen molar-refractivity contribution in [1.29, 1.82) is 0 Å². The Morgan fingerprint density at radius 2 is 1.85 bits per heavy atom. The van der Waals surface area contributed by atoms with Crippen LogP contribution in [-0.2, 0) is 0 Å². The summed E-state index contributed by atoms with van der Waals surface area (Å²) in [5.74, 6) is -0.270. The van der Waals surface area contributed by atoms with Gasteiger partial charge in [-0.1, -0.05) is 35.9 Å². The highest BCUT2D eigenvalue weighted by Gasteiger charge is 2.12. The molecule has 3 rings (SSSR count). The molecular formula is C20H17BrClN3O. The Labute approximate surface area is 165 Å². The fourth-order valence-corrected chi connectivity index (χ4v) is 3.47. The third-order valence-corrected chi connectivity index (χ3v) is 5.06. The molecule has 0 saturated carbocycles. The highest BCUT2D eigenvalue weighted by Crippen LogP contribution is 2.25. The zero-order valence-electron chi connectivity index (χ0n) is 14.3. The van der Waals surface area contributed by atoms with E-state index in [4.69, 9.17) is 11.6 Å². The maximum absolute atomic E-state index is 12.2. The van der Waals surface area contributed by atoms with E-state index in [0.717, 1.165) is 27.1 Å². The van der Waals surface area contributed by atoms with E-state index in [2.05, 4.69) is 31.0 Å². The van der Waals surface area contributed by atoms with Crippen LogP contribution in [0.2, 0.25) is 5.02 Å². The smallest absolute Gasteiger partial charge is 0.272 e. The topological polar surface area (TPSA) is 46.4 Å². The second kappa shape index (κ2) is 7.89. The normalized spacial score (nSPS) is 11.1. The molecule has 1 aromatic heterocycles. The van der Waals surface area contributed by atoms with Crippen molar-refractivity contribution < 1.29 is 4.79 Å². The highest BCUT2D eigenvalue weighted by molar-refractivity contribution is 9.10. The number of aromatic nitrogens is 1. The molecule has 0 atom stereocenters. The van der Waals surface area contributed by atoms with Gasteiger partial charge in [-0.2, -0.15) is 5.10 Å². The van der Waals surface area contributed by atoms with E-state index < -0.39 is 0 Å². The fourth-order valence-electron chi connectivity index (χ4n) is 2.79. The lowest BCUT2D eigenvalue weighted by Crippen LogP contribution is -2.18. The molecule has 132 valence electrons. The molecule has 1 heterocycles. The van der Waals surface area contributed by atoms with Gasteiger partial charge in [0.1, 0.15) is 0 Å². The molecule has 0 fully saturated rings. The summed E-state index contributed by atoms with van der Waals surface area (Å²) < 4.78 is 2.80. The summed E-state index contributed by atoms with van der Waals surface area (Å²) in [6.07, 6.45) is 1.64. The summed E-state index contributed by atoms with van der Waals surface area (Å²) in [5, 5.41) is 4.78. The molecule has 2 aromatic carbocycles. The van der Waals surface area contributed by atoms with Crippen molar-refractivity contribution in [3.63, 3.8) is 0 Å². The van der Waals surface area contributed by atoms with Gasteiger partial charge in [0.2, 0.25) is 0 Å². The van der Waals surface area contributed by atoms with Gasteiger partial charge < -0.3 is 4.57 Å². The predicted octanol–water partition coefficient (Wildman–Crippen LogP) is 5.27. The van der Waals surface area contributed by atoms with Gasteiger partial charge in [0.15, 0.2) is 0 Å². The van der Waals surface area contributed by atoms with Crippen LogP contribution in [-0.4, -0.2) is 16.7 Å². The zero-order valence-corrected chi connectivity index (χ0v) is 16.7. The quantitative estimate of drug-likeness (QED) is 0.444. The Bertz CT molecular complexity index is 994. The molecule has 1 N–H and O–H groups in total. The van der Waals surface area contributed by atoms with Crippen LogP contribution in [0.3, 0.4) is 0 Å². The number of hydrogen-bond donors (Lipinski definition) is 1. The van der Waals surface area contributed by atoms with Crippen molar-refractivity contribution >= 4 is 39.7 Å². The van der Waals surface area contributed by atoms with Crippen molar-refractivity contribution in [1.82, 2.24) is 9.99 Å². The van der Waals surface area contributed by atoms with E-state index in [1.165, 1.54) is 0 Å². The third kappa shape index (κ3) is 3.74. The molecule has 0 spiro atoms. The van der Waals surface area contributed by atoms with E-state index >= 15 is 0 Å². The number of hydrazone groups is 1. The Hall–Kier alpha value is -2.37. The standard InChI is InChI=1S/C20H17BrClN3O/c1-13-11-15(14(2)25(13)19-10-6-5-9-18(19)22)12-23-24-20(26)16-7-3-4-8-17(16)21/h3-12H,1-2H3,(H,24,26)/b23-12-. The van der Waals surface area contributed by atoms with Crippen LogP contribution >= 0.6 is 27.5 Å². The number of amides is 1. The molecule has 6 heteroatoms. The first-order chi connectivity index (χ1) is 12.5. The van der Waals surface area contributed by atoms with Gasteiger partial charge in [-0.25, -0.2) is 5.43 Å². The van der Waals surface area contributed by atoms with Gasteiger partial charge in [0.05, 0.1) is 22.5 Å². The van der Waals surface area contributed by atoms with Gasteiger partial charge in [0, 0.05) is 21.4 Å². The van der Waals surface area contributed by atoms with E-state index in [1.807, 2.05) is 56.3 Å². The molecule has 0 aliphatic carbocycles. The van der Waals surface area contributed by atoms with Crippen molar-refractivity contribution in [3.05, 3.63) is 86.6 Å². The average molecular weight is 431 g/mol. The number of nitrogens with zero attached hydrogens (tertiary/aromatic N) is 2. The van der Waals surface area contributed by atoms with Crippen LogP contribution in [0.4, 0.5) is 0 Å². The number of para-hydroxylation sites is 1. The highest BCUT2D eigenvalue weighted by atomic mass is 79.9. The molecule has 26 heavy (non-hydrogen) atoms. The molecule has 1 amide bonds. The summed E-state index contributed by atoms with van der Waals surface area (Å²) >= 11 is 9.69. The Kier molecular flexibility index (Phi) is 5.59. The molecule has 3 aromatic rings. The Balaban J connectivity index is 1.82. The van der Waals surface area contributed by atoms with Crippen LogP contribution in [0.1, 0.15) is 27.3 Å². The van der Waals surface area contributed by atoms with Crippen LogP contribution in [0, 0.1) is 13.8 Å². The zero-order chi connectivity index (χ0) is 18.7. The minimum Gasteiger partial charge on any atom is -0.316 e. The summed E-state index contributed by atoms with van der Waals surface area (Å²) in [7, 11) is 0. The number of rotatable bonds is 4. The maximum Gasteiger partial charge on any atom is 0.272 e. The first-order valence-electron chi connectivity index (χ1n) is 8.01. The van der Waals surface area contributed by atoms with Crippen molar-refractivity contribution in [2.75, 3.05) is 0 Å². The molecule has 0 bridgehead atoms. The maximum atomic E-state index is 12.2. The number of carbonyl (C=O) groups excluding carboxylic acids is 1. The lowest BCUT2D eigenvalue weighted by molar-refractivity contribution is 0.0954. The third-order valence-electron chi connectivity index (χ3n) is 4.05. The molecule has 0 aliphatic heterocycles. The molecule has 0 aliphatic rings. The minimum absolute atomic E-state index is 0.270. The van der Waals surface area contributed by atoms with Crippen molar-refractivity contribution in [3.8, 4) is 5.69 Å². The molecule has 0 saturated heterocycles. The Morgan fingerprint density at radius 3 is 2.58 bits per heavy atom. The number of carbonyl (C=O) groups is 1. The number of benzene rings is 2. The summed E-state index contributed by atoms with van der Waals surface area (Å²) in [5.41, 5.74) is 6.95. The number of hydrogen-bond acceptors (Lipinski definition) is 2. The van der Waals surface area contributed by atoms with E-state index in [9.17, 15) is 4.79 Å². The number of nitrogens with one attached hydrogen (secondary N) is 1. The first-order valence-corrected chi connectivity index (χ1v) is 9.18. The van der Waals surface area contributed by atoms with Gasteiger partial charge in [-0.05, 0) is 60.1 Å². The summed E-state index contributed by atoms with van der Waals surface area (Å²) in [4.78, 5) is 12.2. The molecule has 4 nitrogen and oxygen atoms in total. The molecule has 0 radical (unpaired) electrons. The SMILES string of the molecule is Cc1cc(/C=N\NC(=O)c2ccccc2Br)c(C)n1-c1ccccc1Cl. The van der Waals surface area contributed by atoms with Crippen molar-refractivity contribution in [2.45, 2.75) is 13.8 Å². The van der Waals surface area contributed by atoms with Crippen molar-refractivity contribution in [2.24, 2.45) is 5.10 Å². The minimum atomic E-state index is -0.270. The molecular weight excluding hydrogens is 414 g/mol. The van der Waals surface area contributed by atoms with Gasteiger partial charge in [-0.15, -0.1) is 0 Å². The average Bonchev–Trinajstić information content (AvgIpc) is 2.90. The molecule has 0 unspecified atom stereocenters. The number of aryl methyl sites for hydroxylation is 1. The van der Waals surface area contributed by atoms with Crippen LogP contribution in [0.15, 0.2) is 64.2 Å². The summed E-state index contributed by atoms with van der Waals surface area (Å²) in [6.45, 7) is 4.00. The van der Waals surface area contributed by atoms with E-state index in [0.29, 0.717) is 10.6 Å². The Morgan fingerprint density at radius 1 is 1.15 bits per heavy atom. The second-order valence-corrected chi connectivity index (χ2v) is 7.05. The fraction of sp³-hybridized carbons (Fsp3) is 0.100. The summed E-state index contributed by atoms with van der Waals surface area (Å²) in [6, 6.07) is 16.9. The van der Waals surface area contributed by atoms with E-state index in [-0.39, 0.29) is 5.91 Å². The second-order valence-electron chi connectivity index (χ2n) is 5.79. The lowest BCUT2D eigenvalue weighted by atomic mass is 10.2. The van der Waals surface area contributed by atoms with E-state index in [1.54, 1.807) is 18.3 Å².